The van der Waals surface area contributed by atoms with Crippen LogP contribution in [0, 0.1) is 16.7 Å². The van der Waals surface area contributed by atoms with Crippen LogP contribution >= 0.6 is 0 Å². The van der Waals surface area contributed by atoms with Crippen molar-refractivity contribution in [3.63, 3.8) is 0 Å². The standard InChI is InChI=1S/C18H32N2O2/c1-17(2)14-7-8-18(17,3)16(11-14)19-22-13-15(21)12-20-9-5-4-6-10-20/h14-15,21H,4-13H2,1-3H3/b19-16+. The lowest BCUT2D eigenvalue weighted by Gasteiger charge is -2.34. The Hall–Kier alpha value is -0.610. The Labute approximate surface area is 134 Å². The van der Waals surface area contributed by atoms with E-state index in [0.717, 1.165) is 32.0 Å². The molecule has 2 bridgehead atoms. The van der Waals surface area contributed by atoms with E-state index in [0.29, 0.717) is 12.0 Å². The van der Waals surface area contributed by atoms with Crippen LogP contribution in [0.25, 0.3) is 0 Å². The van der Waals surface area contributed by atoms with Gasteiger partial charge in [0.25, 0.3) is 0 Å². The molecule has 0 amide bonds. The number of likely N-dealkylation sites (tertiary alicyclic amines) is 1. The number of β-amino-alcohol motifs (C(OH)–C–C–N with tert-alkyl or cyclic N) is 1. The highest BCUT2D eigenvalue weighted by molar-refractivity contribution is 5.93. The highest BCUT2D eigenvalue weighted by atomic mass is 16.6. The second kappa shape index (κ2) is 6.12. The zero-order valence-corrected chi connectivity index (χ0v) is 14.5. The fourth-order valence-corrected chi connectivity index (χ4v) is 4.76. The lowest BCUT2D eigenvalue weighted by molar-refractivity contribution is 0.0144. The van der Waals surface area contributed by atoms with E-state index in [-0.39, 0.29) is 5.41 Å². The molecule has 0 aromatic heterocycles. The summed E-state index contributed by atoms with van der Waals surface area (Å²) in [5, 5.41) is 14.6. The van der Waals surface area contributed by atoms with Gasteiger partial charge in [0, 0.05) is 12.0 Å². The third kappa shape index (κ3) is 2.80. The molecule has 3 rings (SSSR count). The predicted molar refractivity (Wildman–Crippen MR) is 88.9 cm³/mol. The van der Waals surface area contributed by atoms with E-state index < -0.39 is 6.10 Å². The zero-order valence-electron chi connectivity index (χ0n) is 14.5. The van der Waals surface area contributed by atoms with Gasteiger partial charge < -0.3 is 14.8 Å². The first-order valence-corrected chi connectivity index (χ1v) is 9.03. The molecule has 3 fully saturated rings. The lowest BCUT2D eigenvalue weighted by atomic mass is 9.70. The molecule has 1 saturated heterocycles. The fourth-order valence-electron chi connectivity index (χ4n) is 4.76. The zero-order chi connectivity index (χ0) is 15.8. The van der Waals surface area contributed by atoms with Crippen molar-refractivity contribution < 1.29 is 9.94 Å². The number of fused-ring (bicyclic) bond motifs is 2. The maximum Gasteiger partial charge on any atom is 0.144 e. The van der Waals surface area contributed by atoms with Crippen molar-refractivity contribution in [3.05, 3.63) is 0 Å². The summed E-state index contributed by atoms with van der Waals surface area (Å²) < 4.78 is 0. The molecule has 22 heavy (non-hydrogen) atoms. The molecule has 0 aromatic rings. The van der Waals surface area contributed by atoms with E-state index in [1.807, 2.05) is 0 Å². The van der Waals surface area contributed by atoms with Gasteiger partial charge in [0.1, 0.15) is 12.7 Å². The van der Waals surface area contributed by atoms with E-state index in [9.17, 15) is 5.11 Å². The number of rotatable bonds is 5. The summed E-state index contributed by atoms with van der Waals surface area (Å²) in [4.78, 5) is 7.88. The summed E-state index contributed by atoms with van der Waals surface area (Å²) in [6.45, 7) is 10.3. The van der Waals surface area contributed by atoms with Crippen LogP contribution in [0.15, 0.2) is 5.16 Å². The quantitative estimate of drug-likeness (QED) is 0.794. The van der Waals surface area contributed by atoms with Crippen molar-refractivity contribution in [3.8, 4) is 0 Å². The SMILES string of the molecule is CC12CCC(C/C1=N\OCC(O)CN1CCCCC1)C2(C)C. The van der Waals surface area contributed by atoms with Gasteiger partial charge in [0.2, 0.25) is 0 Å². The predicted octanol–water partition coefficient (Wildman–Crippen LogP) is 3.05. The monoisotopic (exact) mass is 308 g/mol. The minimum Gasteiger partial charge on any atom is -0.393 e. The van der Waals surface area contributed by atoms with E-state index in [1.54, 1.807) is 0 Å². The van der Waals surface area contributed by atoms with Crippen LogP contribution in [0.5, 0.6) is 0 Å². The van der Waals surface area contributed by atoms with Gasteiger partial charge in [-0.3, -0.25) is 0 Å². The molecule has 0 radical (unpaired) electrons. The molecule has 126 valence electrons. The molecule has 4 heteroatoms. The van der Waals surface area contributed by atoms with Crippen LogP contribution in [0.1, 0.15) is 59.3 Å². The summed E-state index contributed by atoms with van der Waals surface area (Å²) in [5.41, 5.74) is 1.75. The average molecular weight is 308 g/mol. The van der Waals surface area contributed by atoms with Gasteiger partial charge in [-0.15, -0.1) is 0 Å². The van der Waals surface area contributed by atoms with E-state index in [2.05, 4.69) is 30.8 Å². The lowest BCUT2D eigenvalue weighted by Crippen LogP contribution is -2.38. The molecule has 0 aromatic carbocycles. The largest absolute Gasteiger partial charge is 0.393 e. The van der Waals surface area contributed by atoms with Gasteiger partial charge in [0.05, 0.1) is 5.71 Å². The Balaban J connectivity index is 1.48. The maximum absolute atomic E-state index is 10.1. The summed E-state index contributed by atoms with van der Waals surface area (Å²) >= 11 is 0. The molecule has 2 saturated carbocycles. The van der Waals surface area contributed by atoms with Crippen molar-refractivity contribution in [1.82, 2.24) is 4.90 Å². The second-order valence-electron chi connectivity index (χ2n) is 8.34. The first-order chi connectivity index (χ1) is 10.4. The van der Waals surface area contributed by atoms with Crippen LogP contribution in [-0.2, 0) is 4.84 Å². The third-order valence-corrected chi connectivity index (χ3v) is 6.87. The summed E-state index contributed by atoms with van der Waals surface area (Å²) in [6, 6.07) is 0. The minimum atomic E-state index is -0.429. The van der Waals surface area contributed by atoms with Gasteiger partial charge in [0.15, 0.2) is 0 Å². The molecule has 2 aliphatic carbocycles. The van der Waals surface area contributed by atoms with Crippen molar-refractivity contribution in [2.45, 2.75) is 65.4 Å². The first-order valence-electron chi connectivity index (χ1n) is 9.03. The average Bonchev–Trinajstić information content (AvgIpc) is 2.81. The second-order valence-corrected chi connectivity index (χ2v) is 8.34. The molecule has 4 nitrogen and oxygen atoms in total. The van der Waals surface area contributed by atoms with Gasteiger partial charge in [-0.25, -0.2) is 0 Å². The van der Waals surface area contributed by atoms with Crippen LogP contribution in [0.3, 0.4) is 0 Å². The molecule has 3 unspecified atom stereocenters. The molecular weight excluding hydrogens is 276 g/mol. The van der Waals surface area contributed by atoms with E-state index >= 15 is 0 Å². The van der Waals surface area contributed by atoms with Crippen LogP contribution < -0.4 is 0 Å². The number of oxime groups is 1. The number of nitrogens with zero attached hydrogens (tertiary/aromatic N) is 2. The van der Waals surface area contributed by atoms with Crippen LogP contribution in [0.4, 0.5) is 0 Å². The van der Waals surface area contributed by atoms with Gasteiger partial charge in [-0.2, -0.15) is 0 Å². The van der Waals surface area contributed by atoms with Gasteiger partial charge >= 0.3 is 0 Å². The summed E-state index contributed by atoms with van der Waals surface area (Å²) in [7, 11) is 0. The number of hydrogen-bond donors (Lipinski definition) is 1. The fraction of sp³-hybridized carbons (Fsp3) is 0.944. The van der Waals surface area contributed by atoms with Crippen LogP contribution in [0.2, 0.25) is 0 Å². The molecule has 1 heterocycles. The molecule has 3 atom stereocenters. The number of hydrogen-bond acceptors (Lipinski definition) is 4. The molecular formula is C18H32N2O2. The molecule has 3 aliphatic rings. The normalized spacial score (nSPS) is 37.6. The Morgan fingerprint density at radius 2 is 2.00 bits per heavy atom. The van der Waals surface area contributed by atoms with Crippen molar-refractivity contribution in [1.29, 1.82) is 0 Å². The molecule has 1 N–H and O–H groups in total. The number of piperidine rings is 1. The van der Waals surface area contributed by atoms with Crippen molar-refractivity contribution >= 4 is 5.71 Å². The third-order valence-electron chi connectivity index (χ3n) is 6.87. The Morgan fingerprint density at radius 3 is 2.59 bits per heavy atom. The smallest absolute Gasteiger partial charge is 0.144 e. The van der Waals surface area contributed by atoms with E-state index in [1.165, 1.54) is 37.8 Å². The Morgan fingerprint density at radius 1 is 1.27 bits per heavy atom. The molecule has 0 spiro atoms. The van der Waals surface area contributed by atoms with Crippen molar-refractivity contribution in [2.24, 2.45) is 21.9 Å². The van der Waals surface area contributed by atoms with Gasteiger partial charge in [-0.05, 0) is 56.5 Å². The summed E-state index contributed by atoms with van der Waals surface area (Å²) in [5.74, 6) is 0.748. The highest BCUT2D eigenvalue weighted by Gasteiger charge is 2.60. The number of aliphatic hydroxyl groups excluding tert-OH is 1. The van der Waals surface area contributed by atoms with E-state index in [4.69, 9.17) is 4.84 Å². The minimum absolute atomic E-state index is 0.190. The highest BCUT2D eigenvalue weighted by Crippen LogP contribution is 2.63. The topological polar surface area (TPSA) is 45.1 Å². The van der Waals surface area contributed by atoms with Crippen molar-refractivity contribution in [2.75, 3.05) is 26.2 Å². The first kappa shape index (κ1) is 16.3. The molecule has 1 aliphatic heterocycles. The number of aliphatic hydroxyl groups is 1. The van der Waals surface area contributed by atoms with Crippen LogP contribution in [-0.4, -0.2) is 48.1 Å². The summed E-state index contributed by atoms with van der Waals surface area (Å²) in [6.07, 6.45) is 7.03. The Kier molecular flexibility index (Phi) is 4.52. The maximum atomic E-state index is 10.1. The van der Waals surface area contributed by atoms with Gasteiger partial charge in [-0.1, -0.05) is 32.3 Å². The Bertz CT molecular complexity index is 429.